The van der Waals surface area contributed by atoms with Gasteiger partial charge in [0.15, 0.2) is 5.52 Å². The Bertz CT molecular complexity index is 869. The van der Waals surface area contributed by atoms with Gasteiger partial charge in [-0.05, 0) is 25.5 Å². The summed E-state index contributed by atoms with van der Waals surface area (Å²) >= 11 is 0. The van der Waals surface area contributed by atoms with Crippen molar-refractivity contribution in [1.29, 1.82) is 0 Å². The zero-order valence-corrected chi connectivity index (χ0v) is 13.4. The molecule has 0 amide bonds. The number of nitrogens with zero attached hydrogens (tertiary/aromatic N) is 5. The minimum atomic E-state index is -0.185. The molecule has 23 heavy (non-hydrogen) atoms. The molecule has 0 bridgehead atoms. The molecular formula is C16H19N5O2. The van der Waals surface area contributed by atoms with E-state index in [4.69, 9.17) is 4.74 Å². The van der Waals surface area contributed by atoms with Crippen LogP contribution in [0, 0.1) is 0 Å². The number of aryl methyl sites for hydroxylation is 2. The monoisotopic (exact) mass is 313 g/mol. The third kappa shape index (κ3) is 2.94. The molecule has 0 radical (unpaired) electrons. The molecule has 7 nitrogen and oxygen atoms in total. The average Bonchev–Trinajstić information content (AvgIpc) is 2.88. The van der Waals surface area contributed by atoms with E-state index in [0.717, 1.165) is 12.1 Å². The second-order valence-electron chi connectivity index (χ2n) is 5.44. The fourth-order valence-electron chi connectivity index (χ4n) is 2.59. The Hall–Kier alpha value is -2.70. The van der Waals surface area contributed by atoms with Crippen LogP contribution in [-0.2, 0) is 20.0 Å². The number of pyridine rings is 1. The Morgan fingerprint density at radius 2 is 2.22 bits per heavy atom. The Morgan fingerprint density at radius 3 is 2.91 bits per heavy atom. The third-order valence-corrected chi connectivity index (χ3v) is 3.64. The lowest BCUT2D eigenvalue weighted by Gasteiger charge is -2.15. The van der Waals surface area contributed by atoms with Gasteiger partial charge in [-0.15, -0.1) is 0 Å². The van der Waals surface area contributed by atoms with Gasteiger partial charge in [-0.3, -0.25) is 19.0 Å². The van der Waals surface area contributed by atoms with E-state index >= 15 is 0 Å². The van der Waals surface area contributed by atoms with E-state index in [2.05, 4.69) is 15.1 Å². The van der Waals surface area contributed by atoms with Crippen LogP contribution in [0.25, 0.3) is 11.0 Å². The van der Waals surface area contributed by atoms with Crippen LogP contribution in [0.4, 0.5) is 0 Å². The smallest absolute Gasteiger partial charge is 0.279 e. The minimum absolute atomic E-state index is 0.105. The summed E-state index contributed by atoms with van der Waals surface area (Å²) in [6, 6.07) is 3.64. The zero-order chi connectivity index (χ0) is 16.4. The van der Waals surface area contributed by atoms with Gasteiger partial charge in [0.05, 0.1) is 24.8 Å². The summed E-state index contributed by atoms with van der Waals surface area (Å²) in [7, 11) is 1.77. The predicted molar refractivity (Wildman–Crippen MR) is 86.5 cm³/mol. The molecular weight excluding hydrogens is 294 g/mol. The maximum Gasteiger partial charge on any atom is 0.279 e. The molecule has 1 atom stereocenters. The molecule has 3 aromatic rings. The van der Waals surface area contributed by atoms with Gasteiger partial charge in [0.2, 0.25) is 0 Å². The van der Waals surface area contributed by atoms with E-state index in [1.807, 2.05) is 26.0 Å². The second-order valence-corrected chi connectivity index (χ2v) is 5.44. The van der Waals surface area contributed by atoms with Gasteiger partial charge in [0.25, 0.3) is 5.56 Å². The minimum Gasteiger partial charge on any atom is -0.487 e. The summed E-state index contributed by atoms with van der Waals surface area (Å²) in [5.41, 5.74) is 1.94. The summed E-state index contributed by atoms with van der Waals surface area (Å²) in [6.07, 6.45) is 5.46. The van der Waals surface area contributed by atoms with Crippen molar-refractivity contribution in [3.05, 3.63) is 46.9 Å². The van der Waals surface area contributed by atoms with Gasteiger partial charge in [-0.2, -0.15) is 5.10 Å². The Kier molecular flexibility index (Phi) is 4.10. The number of hydrogen-bond donors (Lipinski definition) is 0. The molecule has 3 heterocycles. The van der Waals surface area contributed by atoms with Crippen molar-refractivity contribution in [2.45, 2.75) is 32.9 Å². The molecule has 0 aliphatic rings. The largest absolute Gasteiger partial charge is 0.487 e. The van der Waals surface area contributed by atoms with Gasteiger partial charge in [-0.1, -0.05) is 6.92 Å². The number of ether oxygens (including phenoxy) is 1. The molecule has 7 heteroatoms. The fraction of sp³-hybridized carbons (Fsp3) is 0.375. The van der Waals surface area contributed by atoms with Crippen LogP contribution in [0.5, 0.6) is 5.75 Å². The molecule has 3 aromatic heterocycles. The molecule has 0 N–H and O–H groups in total. The SMILES string of the molecule is CCc1nn(C)c2c(=O)n(C[C@H](C)Oc3cccnc3)cnc12. The zero-order valence-electron chi connectivity index (χ0n) is 13.4. The number of aromatic nitrogens is 5. The van der Waals surface area contributed by atoms with Crippen molar-refractivity contribution in [3.8, 4) is 5.75 Å². The fourth-order valence-corrected chi connectivity index (χ4v) is 2.59. The third-order valence-electron chi connectivity index (χ3n) is 3.64. The maximum atomic E-state index is 12.7. The van der Waals surface area contributed by atoms with Crippen LogP contribution >= 0.6 is 0 Å². The lowest BCUT2D eigenvalue weighted by atomic mass is 10.3. The van der Waals surface area contributed by atoms with Crippen molar-refractivity contribution in [2.75, 3.05) is 0 Å². The summed E-state index contributed by atoms with van der Waals surface area (Å²) in [6.45, 7) is 4.31. The summed E-state index contributed by atoms with van der Waals surface area (Å²) in [4.78, 5) is 21.1. The summed E-state index contributed by atoms with van der Waals surface area (Å²) in [5, 5.41) is 4.36. The molecule has 0 aliphatic carbocycles. The highest BCUT2D eigenvalue weighted by atomic mass is 16.5. The van der Waals surface area contributed by atoms with Crippen molar-refractivity contribution >= 4 is 11.0 Å². The van der Waals surface area contributed by atoms with E-state index in [0.29, 0.717) is 23.3 Å². The molecule has 120 valence electrons. The first-order valence-corrected chi connectivity index (χ1v) is 7.57. The van der Waals surface area contributed by atoms with Crippen molar-refractivity contribution in [3.63, 3.8) is 0 Å². The van der Waals surface area contributed by atoms with E-state index in [-0.39, 0.29) is 11.7 Å². The van der Waals surface area contributed by atoms with E-state index < -0.39 is 0 Å². The molecule has 0 saturated carbocycles. The standard InChI is InChI=1S/C16H19N5O2/c1-4-13-14-15(20(3)19-13)16(22)21(10-18-14)9-11(2)23-12-6-5-7-17-8-12/h5-8,10-11H,4,9H2,1-3H3/t11-/m0/s1. The molecule has 0 unspecified atom stereocenters. The highest BCUT2D eigenvalue weighted by Gasteiger charge is 2.15. The molecule has 0 aliphatic heterocycles. The lowest BCUT2D eigenvalue weighted by Crippen LogP contribution is -2.29. The maximum absolute atomic E-state index is 12.7. The van der Waals surface area contributed by atoms with Gasteiger partial charge < -0.3 is 4.74 Å². The lowest BCUT2D eigenvalue weighted by molar-refractivity contribution is 0.197. The molecule has 0 aromatic carbocycles. The molecule has 0 saturated heterocycles. The second kappa shape index (κ2) is 6.20. The molecule has 0 fully saturated rings. The Morgan fingerprint density at radius 1 is 1.39 bits per heavy atom. The highest BCUT2D eigenvalue weighted by molar-refractivity contribution is 5.76. The molecule has 3 rings (SSSR count). The van der Waals surface area contributed by atoms with Gasteiger partial charge >= 0.3 is 0 Å². The van der Waals surface area contributed by atoms with Crippen LogP contribution in [-0.4, -0.2) is 30.4 Å². The number of hydrogen-bond acceptors (Lipinski definition) is 5. The Balaban J connectivity index is 1.87. The molecule has 0 spiro atoms. The first kappa shape index (κ1) is 15.2. The van der Waals surface area contributed by atoms with Gasteiger partial charge in [-0.25, -0.2) is 4.98 Å². The van der Waals surface area contributed by atoms with E-state index in [1.54, 1.807) is 35.0 Å². The first-order chi connectivity index (χ1) is 11.1. The van der Waals surface area contributed by atoms with Crippen LogP contribution in [0.3, 0.4) is 0 Å². The highest BCUT2D eigenvalue weighted by Crippen LogP contribution is 2.13. The van der Waals surface area contributed by atoms with Gasteiger partial charge in [0, 0.05) is 13.2 Å². The van der Waals surface area contributed by atoms with Crippen LogP contribution in [0.1, 0.15) is 19.5 Å². The van der Waals surface area contributed by atoms with Crippen molar-refractivity contribution in [1.82, 2.24) is 24.3 Å². The topological polar surface area (TPSA) is 74.8 Å². The van der Waals surface area contributed by atoms with Crippen molar-refractivity contribution < 1.29 is 4.74 Å². The van der Waals surface area contributed by atoms with Crippen LogP contribution in [0.15, 0.2) is 35.6 Å². The normalized spacial score (nSPS) is 12.5. The summed E-state index contributed by atoms with van der Waals surface area (Å²) in [5.74, 6) is 0.677. The van der Waals surface area contributed by atoms with E-state index in [9.17, 15) is 4.79 Å². The number of rotatable bonds is 5. The van der Waals surface area contributed by atoms with E-state index in [1.165, 1.54) is 0 Å². The van der Waals surface area contributed by atoms with Crippen LogP contribution in [0.2, 0.25) is 0 Å². The predicted octanol–water partition coefficient (Wildman–Crippen LogP) is 1.55. The van der Waals surface area contributed by atoms with Crippen LogP contribution < -0.4 is 10.3 Å². The average molecular weight is 313 g/mol. The Labute approximate surface area is 133 Å². The number of fused-ring (bicyclic) bond motifs is 1. The summed E-state index contributed by atoms with van der Waals surface area (Å²) < 4.78 is 8.93. The van der Waals surface area contributed by atoms with Gasteiger partial charge in [0.1, 0.15) is 17.4 Å². The van der Waals surface area contributed by atoms with Crippen molar-refractivity contribution in [2.24, 2.45) is 7.05 Å². The quantitative estimate of drug-likeness (QED) is 0.714. The first-order valence-electron chi connectivity index (χ1n) is 7.57.